The van der Waals surface area contributed by atoms with Crippen molar-refractivity contribution in [2.75, 3.05) is 32.8 Å². The van der Waals surface area contributed by atoms with Gasteiger partial charge in [-0.25, -0.2) is 0 Å². The van der Waals surface area contributed by atoms with Gasteiger partial charge in [0.05, 0.1) is 6.61 Å². The molecule has 1 aliphatic heterocycles. The van der Waals surface area contributed by atoms with Gasteiger partial charge >= 0.3 is 0 Å². The van der Waals surface area contributed by atoms with Crippen LogP contribution in [-0.4, -0.2) is 55.7 Å². The molecule has 0 unspecified atom stereocenters. The number of likely N-dealkylation sites (tertiary alicyclic amines) is 1. The summed E-state index contributed by atoms with van der Waals surface area (Å²) in [6, 6.07) is 9.60. The molecule has 0 bridgehead atoms. The zero-order valence-corrected chi connectivity index (χ0v) is 16.3. The Bertz CT molecular complexity index is 577. The topological polar surface area (TPSA) is 48.9 Å². The van der Waals surface area contributed by atoms with E-state index in [9.17, 15) is 0 Å². The minimum absolute atomic E-state index is 0.547. The molecule has 2 fully saturated rings. The molecule has 0 amide bonds. The maximum absolute atomic E-state index is 5.85. The maximum atomic E-state index is 5.85. The number of rotatable bonds is 8. The Labute approximate surface area is 158 Å². The molecule has 5 nitrogen and oxygen atoms in total. The number of aryl methyl sites for hydroxylation is 1. The van der Waals surface area contributed by atoms with E-state index < -0.39 is 0 Å². The second-order valence-corrected chi connectivity index (χ2v) is 7.41. The van der Waals surface area contributed by atoms with E-state index in [1.165, 1.54) is 44.3 Å². The molecule has 1 aliphatic carbocycles. The molecule has 0 spiro atoms. The summed E-state index contributed by atoms with van der Waals surface area (Å²) in [7, 11) is 0. The number of hydrogen-bond acceptors (Lipinski definition) is 3. The van der Waals surface area contributed by atoms with E-state index >= 15 is 0 Å². The minimum Gasteiger partial charge on any atom is -0.493 e. The van der Waals surface area contributed by atoms with E-state index in [1.54, 1.807) is 0 Å². The van der Waals surface area contributed by atoms with Crippen molar-refractivity contribution in [3.8, 4) is 5.75 Å². The number of nitrogens with one attached hydrogen (secondary N) is 2. The third-order valence-corrected chi connectivity index (χ3v) is 5.20. The fourth-order valence-electron chi connectivity index (χ4n) is 3.52. The first-order valence-electron chi connectivity index (χ1n) is 10.2. The van der Waals surface area contributed by atoms with E-state index in [0.717, 1.165) is 37.3 Å². The van der Waals surface area contributed by atoms with Gasteiger partial charge in [-0.15, -0.1) is 0 Å². The molecule has 1 saturated heterocycles. The van der Waals surface area contributed by atoms with Gasteiger partial charge in [0.1, 0.15) is 5.75 Å². The van der Waals surface area contributed by atoms with Gasteiger partial charge in [-0.2, -0.15) is 0 Å². The summed E-state index contributed by atoms with van der Waals surface area (Å²) in [5.41, 5.74) is 1.18. The van der Waals surface area contributed by atoms with Crippen molar-refractivity contribution in [2.45, 2.75) is 58.0 Å². The molecule has 26 heavy (non-hydrogen) atoms. The van der Waals surface area contributed by atoms with Gasteiger partial charge in [-0.05, 0) is 51.2 Å². The van der Waals surface area contributed by atoms with Crippen LogP contribution in [0.1, 0.15) is 44.6 Å². The summed E-state index contributed by atoms with van der Waals surface area (Å²) in [6.45, 7) is 9.03. The first kappa shape index (κ1) is 19.0. The van der Waals surface area contributed by atoms with Crippen molar-refractivity contribution in [3.05, 3.63) is 29.8 Å². The van der Waals surface area contributed by atoms with Crippen LogP contribution in [0.15, 0.2) is 29.3 Å². The van der Waals surface area contributed by atoms with Crippen molar-refractivity contribution < 1.29 is 4.74 Å². The second kappa shape index (κ2) is 9.81. The molecule has 1 saturated carbocycles. The summed E-state index contributed by atoms with van der Waals surface area (Å²) >= 11 is 0. The monoisotopic (exact) mass is 358 g/mol. The Morgan fingerprint density at radius 2 is 1.96 bits per heavy atom. The maximum Gasteiger partial charge on any atom is 0.191 e. The highest BCUT2D eigenvalue weighted by atomic mass is 16.5. The quantitative estimate of drug-likeness (QED) is 0.426. The Morgan fingerprint density at radius 1 is 1.19 bits per heavy atom. The van der Waals surface area contributed by atoms with Gasteiger partial charge in [-0.1, -0.05) is 18.2 Å². The fraction of sp³-hybridized carbons (Fsp3) is 0.667. The zero-order valence-electron chi connectivity index (χ0n) is 16.3. The third kappa shape index (κ3) is 5.90. The standard InChI is InChI=1S/C21H34N4O/c1-3-22-21(24-18-11-14-25(15-12-18)19-9-10-19)23-13-6-16-26-20-8-5-4-7-17(20)2/h4-5,7-8,18-19H,3,6,9-16H2,1-2H3,(H2,22,23,24). The highest BCUT2D eigenvalue weighted by Crippen LogP contribution is 2.29. The van der Waals surface area contributed by atoms with Crippen molar-refractivity contribution in [1.29, 1.82) is 0 Å². The third-order valence-electron chi connectivity index (χ3n) is 5.20. The molecule has 2 N–H and O–H groups in total. The minimum atomic E-state index is 0.547. The fourth-order valence-corrected chi connectivity index (χ4v) is 3.52. The van der Waals surface area contributed by atoms with Gasteiger partial charge in [0.2, 0.25) is 0 Å². The van der Waals surface area contributed by atoms with E-state index in [2.05, 4.69) is 35.4 Å². The van der Waals surface area contributed by atoms with Gasteiger partial charge < -0.3 is 20.3 Å². The molecule has 2 aliphatic rings. The van der Waals surface area contributed by atoms with Crippen molar-refractivity contribution in [1.82, 2.24) is 15.5 Å². The Morgan fingerprint density at radius 3 is 2.65 bits per heavy atom. The predicted octanol–water partition coefficient (Wildman–Crippen LogP) is 2.95. The normalized spacial score (nSPS) is 19.4. The van der Waals surface area contributed by atoms with Crippen LogP contribution < -0.4 is 15.4 Å². The van der Waals surface area contributed by atoms with Crippen molar-refractivity contribution in [2.24, 2.45) is 4.99 Å². The largest absolute Gasteiger partial charge is 0.493 e. The number of aliphatic imine (C=N–C) groups is 1. The Balaban J connectivity index is 1.37. The Hall–Kier alpha value is -1.75. The average molecular weight is 359 g/mol. The lowest BCUT2D eigenvalue weighted by Crippen LogP contribution is -2.49. The van der Waals surface area contributed by atoms with Crippen LogP contribution in [-0.2, 0) is 0 Å². The second-order valence-electron chi connectivity index (χ2n) is 7.41. The first-order valence-corrected chi connectivity index (χ1v) is 10.2. The molecular weight excluding hydrogens is 324 g/mol. The molecule has 1 heterocycles. The number of hydrogen-bond donors (Lipinski definition) is 2. The number of ether oxygens (including phenoxy) is 1. The van der Waals surface area contributed by atoms with E-state index in [1.807, 2.05) is 18.2 Å². The molecule has 0 atom stereocenters. The lowest BCUT2D eigenvalue weighted by molar-refractivity contribution is 0.197. The molecule has 144 valence electrons. The number of piperidine rings is 1. The van der Waals surface area contributed by atoms with Crippen LogP contribution in [0, 0.1) is 6.92 Å². The SMILES string of the molecule is CCNC(=NCCCOc1ccccc1C)NC1CCN(C2CC2)CC1. The summed E-state index contributed by atoms with van der Waals surface area (Å²) < 4.78 is 5.85. The molecule has 1 aromatic carbocycles. The van der Waals surface area contributed by atoms with Crippen LogP contribution >= 0.6 is 0 Å². The first-order chi connectivity index (χ1) is 12.8. The predicted molar refractivity (Wildman–Crippen MR) is 108 cm³/mol. The van der Waals surface area contributed by atoms with Crippen LogP contribution in [0.25, 0.3) is 0 Å². The Kier molecular flexibility index (Phi) is 7.18. The molecule has 1 aromatic rings. The van der Waals surface area contributed by atoms with Gasteiger partial charge in [0.25, 0.3) is 0 Å². The van der Waals surface area contributed by atoms with Crippen LogP contribution in [0.5, 0.6) is 5.75 Å². The van der Waals surface area contributed by atoms with E-state index in [4.69, 9.17) is 9.73 Å². The van der Waals surface area contributed by atoms with Crippen LogP contribution in [0.2, 0.25) is 0 Å². The van der Waals surface area contributed by atoms with E-state index in [-0.39, 0.29) is 0 Å². The molecule has 3 rings (SSSR count). The van der Waals surface area contributed by atoms with Gasteiger partial charge in [0, 0.05) is 44.7 Å². The van der Waals surface area contributed by atoms with Crippen LogP contribution in [0.3, 0.4) is 0 Å². The highest BCUT2D eigenvalue weighted by Gasteiger charge is 2.31. The lowest BCUT2D eigenvalue weighted by Gasteiger charge is -2.33. The smallest absolute Gasteiger partial charge is 0.191 e. The van der Waals surface area contributed by atoms with Crippen molar-refractivity contribution >= 4 is 5.96 Å². The molecule has 5 heteroatoms. The number of nitrogens with zero attached hydrogens (tertiary/aromatic N) is 2. The summed E-state index contributed by atoms with van der Waals surface area (Å²) in [6.07, 6.45) is 6.18. The summed E-state index contributed by atoms with van der Waals surface area (Å²) in [4.78, 5) is 7.39. The highest BCUT2D eigenvalue weighted by molar-refractivity contribution is 5.80. The summed E-state index contributed by atoms with van der Waals surface area (Å²) in [5.74, 6) is 1.93. The number of para-hydroxylation sites is 1. The zero-order chi connectivity index (χ0) is 18.2. The van der Waals surface area contributed by atoms with E-state index in [0.29, 0.717) is 12.6 Å². The molecule has 0 radical (unpaired) electrons. The average Bonchev–Trinajstić information content (AvgIpc) is 3.49. The van der Waals surface area contributed by atoms with Gasteiger partial charge in [0.15, 0.2) is 5.96 Å². The molecule has 0 aromatic heterocycles. The van der Waals surface area contributed by atoms with Gasteiger partial charge in [-0.3, -0.25) is 4.99 Å². The van der Waals surface area contributed by atoms with Crippen LogP contribution in [0.4, 0.5) is 0 Å². The number of guanidine groups is 1. The van der Waals surface area contributed by atoms with Crippen molar-refractivity contribution in [3.63, 3.8) is 0 Å². The number of benzene rings is 1. The molecular formula is C21H34N4O. The summed E-state index contributed by atoms with van der Waals surface area (Å²) in [5, 5.41) is 7.00. The lowest BCUT2D eigenvalue weighted by atomic mass is 10.1.